The highest BCUT2D eigenvalue weighted by molar-refractivity contribution is 7.99. The van der Waals surface area contributed by atoms with E-state index in [4.69, 9.17) is 0 Å². The molecule has 0 aliphatic heterocycles. The van der Waals surface area contributed by atoms with Gasteiger partial charge in [-0.1, -0.05) is 0 Å². The lowest BCUT2D eigenvalue weighted by atomic mass is 10.5. The lowest BCUT2D eigenvalue weighted by Gasteiger charge is -2.02. The van der Waals surface area contributed by atoms with Gasteiger partial charge in [0.2, 0.25) is 0 Å². The van der Waals surface area contributed by atoms with Gasteiger partial charge in [0.1, 0.15) is 5.82 Å². The summed E-state index contributed by atoms with van der Waals surface area (Å²) in [6.07, 6.45) is 6.58. The highest BCUT2D eigenvalue weighted by atomic mass is 32.2. The highest BCUT2D eigenvalue weighted by Gasteiger charge is 2.20. The first-order valence-electron chi connectivity index (χ1n) is 5.22. The predicted molar refractivity (Wildman–Crippen MR) is 60.3 cm³/mol. The Morgan fingerprint density at radius 1 is 1.57 bits per heavy atom. The summed E-state index contributed by atoms with van der Waals surface area (Å²) in [6.45, 7) is 1.94. The van der Waals surface area contributed by atoms with Crippen molar-refractivity contribution in [1.82, 2.24) is 15.3 Å². The van der Waals surface area contributed by atoms with Crippen molar-refractivity contribution in [3.8, 4) is 0 Å². The summed E-state index contributed by atoms with van der Waals surface area (Å²) in [5.74, 6) is 4.65. The molecule has 14 heavy (non-hydrogen) atoms. The number of nitrogens with zero attached hydrogens (tertiary/aromatic N) is 1. The molecule has 0 bridgehead atoms. The number of imidazole rings is 1. The van der Waals surface area contributed by atoms with Gasteiger partial charge in [-0.2, -0.15) is 11.8 Å². The first-order chi connectivity index (χ1) is 6.95. The molecule has 78 valence electrons. The van der Waals surface area contributed by atoms with E-state index in [1.54, 1.807) is 6.20 Å². The average Bonchev–Trinajstić information content (AvgIpc) is 2.87. The zero-order chi connectivity index (χ0) is 9.64. The summed E-state index contributed by atoms with van der Waals surface area (Å²) in [4.78, 5) is 7.22. The maximum atomic E-state index is 4.15. The zero-order valence-electron chi connectivity index (χ0n) is 8.33. The molecular weight excluding hydrogens is 194 g/mol. The van der Waals surface area contributed by atoms with Gasteiger partial charge < -0.3 is 10.3 Å². The number of aromatic amines is 1. The minimum Gasteiger partial charge on any atom is -0.348 e. The molecule has 0 spiro atoms. The second kappa shape index (κ2) is 5.41. The van der Waals surface area contributed by atoms with E-state index >= 15 is 0 Å². The molecule has 1 aromatic rings. The van der Waals surface area contributed by atoms with Crippen molar-refractivity contribution in [1.29, 1.82) is 0 Å². The van der Waals surface area contributed by atoms with Crippen LogP contribution in [0.25, 0.3) is 0 Å². The molecule has 0 radical (unpaired) electrons. The Labute approximate surface area is 89.1 Å². The molecule has 0 saturated heterocycles. The van der Waals surface area contributed by atoms with Crippen LogP contribution < -0.4 is 5.32 Å². The van der Waals surface area contributed by atoms with Crippen LogP contribution >= 0.6 is 11.8 Å². The first-order valence-corrected chi connectivity index (χ1v) is 6.37. The van der Waals surface area contributed by atoms with Crippen LogP contribution in [-0.2, 0) is 6.54 Å². The maximum absolute atomic E-state index is 4.15. The van der Waals surface area contributed by atoms with E-state index < -0.39 is 0 Å². The van der Waals surface area contributed by atoms with Crippen LogP contribution in [-0.4, -0.2) is 28.0 Å². The van der Waals surface area contributed by atoms with E-state index in [0.29, 0.717) is 0 Å². The number of hydrogen-bond acceptors (Lipinski definition) is 3. The fraction of sp³-hybridized carbons (Fsp3) is 0.700. The van der Waals surface area contributed by atoms with Crippen molar-refractivity contribution in [2.24, 2.45) is 5.92 Å². The Bertz CT molecular complexity index is 244. The summed E-state index contributed by atoms with van der Waals surface area (Å²) < 4.78 is 0. The van der Waals surface area contributed by atoms with Gasteiger partial charge in [-0.05, 0) is 24.5 Å². The van der Waals surface area contributed by atoms with Gasteiger partial charge in [-0.15, -0.1) is 0 Å². The van der Waals surface area contributed by atoms with Crippen molar-refractivity contribution in [2.75, 3.05) is 18.1 Å². The molecular formula is C10H17N3S. The third-order valence-electron chi connectivity index (χ3n) is 2.32. The van der Waals surface area contributed by atoms with Crippen LogP contribution in [0.4, 0.5) is 0 Å². The van der Waals surface area contributed by atoms with Crippen molar-refractivity contribution in [3.05, 3.63) is 18.2 Å². The molecule has 1 aliphatic rings. The van der Waals surface area contributed by atoms with Crippen LogP contribution in [0.15, 0.2) is 12.4 Å². The van der Waals surface area contributed by atoms with E-state index in [1.807, 2.05) is 6.20 Å². The molecule has 1 saturated carbocycles. The van der Waals surface area contributed by atoms with E-state index in [1.165, 1.54) is 24.3 Å². The number of thioether (sulfide) groups is 1. The molecule has 1 aliphatic carbocycles. The van der Waals surface area contributed by atoms with Crippen molar-refractivity contribution in [2.45, 2.75) is 19.4 Å². The summed E-state index contributed by atoms with van der Waals surface area (Å²) in [6, 6.07) is 0. The third-order valence-corrected chi connectivity index (χ3v) is 3.52. The highest BCUT2D eigenvalue weighted by Crippen LogP contribution is 2.32. The minimum absolute atomic E-state index is 0.858. The van der Waals surface area contributed by atoms with E-state index in [0.717, 1.165) is 24.8 Å². The number of rotatable bonds is 7. The van der Waals surface area contributed by atoms with Crippen LogP contribution in [0.3, 0.4) is 0 Å². The van der Waals surface area contributed by atoms with Gasteiger partial charge >= 0.3 is 0 Å². The fourth-order valence-corrected chi connectivity index (χ4v) is 2.40. The Balaban J connectivity index is 1.43. The second-order valence-corrected chi connectivity index (χ2v) is 4.88. The summed E-state index contributed by atoms with van der Waals surface area (Å²) in [7, 11) is 0. The molecule has 4 heteroatoms. The minimum atomic E-state index is 0.858. The Kier molecular flexibility index (Phi) is 3.89. The molecule has 0 unspecified atom stereocenters. The largest absolute Gasteiger partial charge is 0.348 e. The summed E-state index contributed by atoms with van der Waals surface area (Å²) in [5.41, 5.74) is 0. The predicted octanol–water partition coefficient (Wildman–Crippen LogP) is 1.64. The summed E-state index contributed by atoms with van der Waals surface area (Å²) >= 11 is 2.07. The monoisotopic (exact) mass is 211 g/mol. The quantitative estimate of drug-likeness (QED) is 0.674. The molecule has 2 N–H and O–H groups in total. The molecule has 1 fully saturated rings. The molecule has 3 nitrogen and oxygen atoms in total. The first kappa shape index (κ1) is 10.1. The van der Waals surface area contributed by atoms with Crippen LogP contribution in [0.1, 0.15) is 18.7 Å². The molecule has 0 amide bonds. The molecule has 1 heterocycles. The van der Waals surface area contributed by atoms with Gasteiger partial charge in [0, 0.05) is 24.7 Å². The van der Waals surface area contributed by atoms with E-state index in [-0.39, 0.29) is 0 Å². The van der Waals surface area contributed by atoms with Crippen LogP contribution in [0.5, 0.6) is 0 Å². The molecule has 1 aromatic heterocycles. The smallest absolute Gasteiger partial charge is 0.120 e. The third kappa shape index (κ3) is 3.72. The number of nitrogens with one attached hydrogen (secondary N) is 2. The standard InChI is InChI=1S/C10H17N3S/c1-2-9(1)8-14-6-5-11-7-10-12-3-4-13-10/h3-4,9,11H,1-2,5-8H2,(H,12,13). The van der Waals surface area contributed by atoms with Gasteiger partial charge in [0.05, 0.1) is 6.54 Å². The lowest BCUT2D eigenvalue weighted by molar-refractivity contribution is 0.702. The lowest BCUT2D eigenvalue weighted by Crippen LogP contribution is -2.17. The number of aromatic nitrogens is 2. The van der Waals surface area contributed by atoms with E-state index in [2.05, 4.69) is 27.0 Å². The topological polar surface area (TPSA) is 40.7 Å². The van der Waals surface area contributed by atoms with Crippen molar-refractivity contribution >= 4 is 11.8 Å². The Morgan fingerprint density at radius 2 is 2.50 bits per heavy atom. The summed E-state index contributed by atoms with van der Waals surface area (Å²) in [5, 5.41) is 3.37. The van der Waals surface area contributed by atoms with E-state index in [9.17, 15) is 0 Å². The normalized spacial score (nSPS) is 16.0. The molecule has 0 aromatic carbocycles. The van der Waals surface area contributed by atoms with Crippen molar-refractivity contribution < 1.29 is 0 Å². The van der Waals surface area contributed by atoms with Gasteiger partial charge in [-0.25, -0.2) is 4.98 Å². The maximum Gasteiger partial charge on any atom is 0.120 e. The van der Waals surface area contributed by atoms with Gasteiger partial charge in [0.25, 0.3) is 0 Å². The van der Waals surface area contributed by atoms with Gasteiger partial charge in [-0.3, -0.25) is 0 Å². The molecule has 2 rings (SSSR count). The zero-order valence-corrected chi connectivity index (χ0v) is 9.15. The van der Waals surface area contributed by atoms with Crippen molar-refractivity contribution in [3.63, 3.8) is 0 Å². The SMILES string of the molecule is c1c[nH]c(CNCCSCC2CC2)n1. The average molecular weight is 211 g/mol. The Hall–Kier alpha value is -0.480. The second-order valence-electron chi connectivity index (χ2n) is 3.73. The number of hydrogen-bond donors (Lipinski definition) is 2. The number of H-pyrrole nitrogens is 1. The van der Waals surface area contributed by atoms with Crippen LogP contribution in [0.2, 0.25) is 0 Å². The Morgan fingerprint density at radius 3 is 3.21 bits per heavy atom. The molecule has 0 atom stereocenters. The fourth-order valence-electron chi connectivity index (χ4n) is 1.28. The van der Waals surface area contributed by atoms with Gasteiger partial charge in [0.15, 0.2) is 0 Å². The van der Waals surface area contributed by atoms with Crippen LogP contribution in [0, 0.1) is 5.92 Å².